The summed E-state index contributed by atoms with van der Waals surface area (Å²) in [5.74, 6) is -0.344. The van der Waals surface area contributed by atoms with Crippen molar-refractivity contribution in [2.24, 2.45) is 5.73 Å². The minimum atomic E-state index is -0.344. The zero-order valence-electron chi connectivity index (χ0n) is 7.82. The van der Waals surface area contributed by atoms with E-state index >= 15 is 0 Å². The number of amides is 1. The Balaban J connectivity index is 3.01. The normalized spacial score (nSPS) is 8.73. The lowest BCUT2D eigenvalue weighted by Gasteiger charge is -2.03. The molecule has 3 N–H and O–H groups in total. The van der Waals surface area contributed by atoms with Crippen LogP contribution >= 0.6 is 0 Å². The van der Waals surface area contributed by atoms with E-state index < -0.39 is 0 Å². The van der Waals surface area contributed by atoms with Gasteiger partial charge in [-0.2, -0.15) is 10.5 Å². The van der Waals surface area contributed by atoms with Gasteiger partial charge in [0.1, 0.15) is 12.1 Å². The van der Waals surface area contributed by atoms with Crippen LogP contribution in [0.5, 0.6) is 0 Å². The minimum absolute atomic E-state index is 0.123. The van der Waals surface area contributed by atoms with Gasteiger partial charge in [0.15, 0.2) is 0 Å². The monoisotopic (exact) mass is 200 g/mol. The summed E-state index contributed by atoms with van der Waals surface area (Å²) < 4.78 is 0. The Bertz CT molecular complexity index is 467. The summed E-state index contributed by atoms with van der Waals surface area (Å²) in [6.07, 6.45) is 0. The van der Waals surface area contributed by atoms with Crippen molar-refractivity contribution < 1.29 is 4.79 Å². The fraction of sp³-hybridized carbons (Fsp3) is 0.100. The molecule has 5 nitrogen and oxygen atoms in total. The number of nitrogens with one attached hydrogen (secondary N) is 1. The third kappa shape index (κ3) is 2.53. The minimum Gasteiger partial charge on any atom is -0.325 e. The first kappa shape index (κ1) is 10.7. The average molecular weight is 200 g/mol. The van der Waals surface area contributed by atoms with Crippen LogP contribution in [-0.2, 0) is 4.79 Å². The molecule has 0 saturated carbocycles. The van der Waals surface area contributed by atoms with E-state index in [0.717, 1.165) is 0 Å². The number of nitriles is 2. The van der Waals surface area contributed by atoms with Crippen LogP contribution in [0.1, 0.15) is 11.1 Å². The van der Waals surface area contributed by atoms with Crippen molar-refractivity contribution in [1.82, 2.24) is 0 Å². The molecule has 0 unspecified atom stereocenters. The molecule has 1 amide bonds. The Morgan fingerprint density at radius 1 is 1.33 bits per heavy atom. The number of nitrogens with zero attached hydrogens (tertiary/aromatic N) is 2. The van der Waals surface area contributed by atoms with Crippen LogP contribution in [0.15, 0.2) is 18.2 Å². The van der Waals surface area contributed by atoms with E-state index in [1.165, 1.54) is 12.1 Å². The third-order valence-electron chi connectivity index (χ3n) is 1.73. The summed E-state index contributed by atoms with van der Waals surface area (Å²) in [4.78, 5) is 11.0. The molecule has 0 atom stereocenters. The van der Waals surface area contributed by atoms with Crippen LogP contribution in [-0.4, -0.2) is 12.5 Å². The van der Waals surface area contributed by atoms with E-state index in [9.17, 15) is 4.79 Å². The lowest BCUT2D eigenvalue weighted by Crippen LogP contribution is -2.21. The van der Waals surface area contributed by atoms with Crippen molar-refractivity contribution in [3.8, 4) is 12.1 Å². The second-order valence-corrected chi connectivity index (χ2v) is 2.74. The number of carbonyl (C=O) groups excluding carboxylic acids is 1. The van der Waals surface area contributed by atoms with E-state index in [1.807, 2.05) is 12.1 Å². The molecule has 0 spiro atoms. The fourth-order valence-electron chi connectivity index (χ4n) is 1.02. The first-order chi connectivity index (χ1) is 7.21. The summed E-state index contributed by atoms with van der Waals surface area (Å²) in [6, 6.07) is 8.22. The molecule has 74 valence electrons. The highest BCUT2D eigenvalue weighted by Crippen LogP contribution is 2.14. The summed E-state index contributed by atoms with van der Waals surface area (Å²) >= 11 is 0. The predicted octanol–water partition coefficient (Wildman–Crippen LogP) is 0.327. The molecular formula is C10H8N4O. The van der Waals surface area contributed by atoms with Crippen molar-refractivity contribution >= 4 is 11.6 Å². The smallest absolute Gasteiger partial charge is 0.238 e. The fourth-order valence-corrected chi connectivity index (χ4v) is 1.02. The van der Waals surface area contributed by atoms with Gasteiger partial charge in [0.25, 0.3) is 0 Å². The van der Waals surface area contributed by atoms with E-state index in [2.05, 4.69) is 5.32 Å². The van der Waals surface area contributed by atoms with E-state index in [-0.39, 0.29) is 23.6 Å². The Hall–Kier alpha value is -2.37. The standard InChI is InChI=1S/C10H8N4O/c11-4-7-1-2-9(3-8(7)5-12)14-10(15)6-13/h1-3H,6,13H2,(H,14,15). The molecule has 0 bridgehead atoms. The quantitative estimate of drug-likeness (QED) is 0.717. The van der Waals surface area contributed by atoms with Gasteiger partial charge < -0.3 is 11.1 Å². The van der Waals surface area contributed by atoms with Crippen LogP contribution in [0.3, 0.4) is 0 Å². The molecular weight excluding hydrogens is 192 g/mol. The lowest BCUT2D eigenvalue weighted by molar-refractivity contribution is -0.114. The van der Waals surface area contributed by atoms with Gasteiger partial charge >= 0.3 is 0 Å². The van der Waals surface area contributed by atoms with Gasteiger partial charge in [-0.05, 0) is 18.2 Å². The number of hydrogen-bond donors (Lipinski definition) is 2. The first-order valence-corrected chi connectivity index (χ1v) is 4.15. The molecule has 5 heteroatoms. The van der Waals surface area contributed by atoms with Gasteiger partial charge in [-0.3, -0.25) is 4.79 Å². The van der Waals surface area contributed by atoms with Gasteiger partial charge in [0.05, 0.1) is 17.7 Å². The maximum Gasteiger partial charge on any atom is 0.238 e. The highest BCUT2D eigenvalue weighted by atomic mass is 16.1. The Kier molecular flexibility index (Phi) is 3.39. The van der Waals surface area contributed by atoms with E-state index in [1.54, 1.807) is 6.07 Å². The molecule has 0 heterocycles. The SMILES string of the molecule is N#Cc1ccc(NC(=O)CN)cc1C#N. The molecule has 0 fully saturated rings. The molecule has 0 aliphatic carbocycles. The van der Waals surface area contributed by atoms with Crippen molar-refractivity contribution in [3.05, 3.63) is 29.3 Å². The van der Waals surface area contributed by atoms with Gasteiger partial charge in [0.2, 0.25) is 5.91 Å². The Morgan fingerprint density at radius 2 is 2.00 bits per heavy atom. The zero-order chi connectivity index (χ0) is 11.3. The molecule has 1 aromatic carbocycles. The van der Waals surface area contributed by atoms with E-state index in [0.29, 0.717) is 5.69 Å². The topological polar surface area (TPSA) is 103 Å². The number of carbonyl (C=O) groups is 1. The summed E-state index contributed by atoms with van der Waals surface area (Å²) in [5.41, 5.74) is 6.09. The number of hydrogen-bond acceptors (Lipinski definition) is 4. The highest BCUT2D eigenvalue weighted by Gasteiger charge is 2.04. The van der Waals surface area contributed by atoms with Gasteiger partial charge in [-0.15, -0.1) is 0 Å². The lowest BCUT2D eigenvalue weighted by atomic mass is 10.1. The van der Waals surface area contributed by atoms with Crippen molar-refractivity contribution in [3.63, 3.8) is 0 Å². The maximum atomic E-state index is 11.0. The maximum absolute atomic E-state index is 11.0. The molecule has 1 rings (SSSR count). The van der Waals surface area contributed by atoms with Crippen LogP contribution in [0.4, 0.5) is 5.69 Å². The van der Waals surface area contributed by atoms with Gasteiger partial charge in [-0.1, -0.05) is 0 Å². The first-order valence-electron chi connectivity index (χ1n) is 4.15. The van der Waals surface area contributed by atoms with Crippen molar-refractivity contribution in [2.45, 2.75) is 0 Å². The zero-order valence-corrected chi connectivity index (χ0v) is 7.82. The highest BCUT2D eigenvalue weighted by molar-refractivity contribution is 5.92. The second-order valence-electron chi connectivity index (χ2n) is 2.74. The second kappa shape index (κ2) is 4.75. The van der Waals surface area contributed by atoms with Crippen LogP contribution < -0.4 is 11.1 Å². The number of rotatable bonds is 2. The number of nitrogens with two attached hydrogens (primary N) is 1. The molecule has 0 aliphatic rings. The average Bonchev–Trinajstić information content (AvgIpc) is 2.28. The summed E-state index contributed by atoms with van der Waals surface area (Å²) in [5, 5.41) is 19.9. The molecule has 1 aromatic rings. The van der Waals surface area contributed by atoms with Crippen LogP contribution in [0, 0.1) is 22.7 Å². The number of benzene rings is 1. The molecule has 0 radical (unpaired) electrons. The molecule has 0 aromatic heterocycles. The predicted molar refractivity (Wildman–Crippen MR) is 53.6 cm³/mol. The van der Waals surface area contributed by atoms with Crippen molar-refractivity contribution in [2.75, 3.05) is 11.9 Å². The summed E-state index contributed by atoms with van der Waals surface area (Å²) in [7, 11) is 0. The van der Waals surface area contributed by atoms with E-state index in [4.69, 9.17) is 16.3 Å². The molecule has 0 saturated heterocycles. The van der Waals surface area contributed by atoms with Crippen molar-refractivity contribution in [1.29, 1.82) is 10.5 Å². The largest absolute Gasteiger partial charge is 0.325 e. The third-order valence-corrected chi connectivity index (χ3v) is 1.73. The van der Waals surface area contributed by atoms with Crippen LogP contribution in [0.25, 0.3) is 0 Å². The van der Waals surface area contributed by atoms with Crippen LogP contribution in [0.2, 0.25) is 0 Å². The Morgan fingerprint density at radius 3 is 2.53 bits per heavy atom. The summed E-state index contributed by atoms with van der Waals surface area (Å²) in [6.45, 7) is -0.123. The molecule has 15 heavy (non-hydrogen) atoms. The molecule has 0 aliphatic heterocycles. The number of anilines is 1. The Labute approximate surface area is 86.7 Å². The van der Waals surface area contributed by atoms with Gasteiger partial charge in [0, 0.05) is 5.69 Å². The van der Waals surface area contributed by atoms with Gasteiger partial charge in [-0.25, -0.2) is 0 Å².